The molecule has 0 fully saturated rings. The molecule has 20 heavy (non-hydrogen) atoms. The number of benzene rings is 1. The van der Waals surface area contributed by atoms with Gasteiger partial charge in [0.2, 0.25) is 5.95 Å². The Morgan fingerprint density at radius 1 is 1.25 bits per heavy atom. The summed E-state index contributed by atoms with van der Waals surface area (Å²) in [5, 5.41) is -0.0268. The number of nitrogens with zero attached hydrogens (tertiary/aromatic N) is 2. The van der Waals surface area contributed by atoms with Gasteiger partial charge in [0.05, 0.1) is 24.4 Å². The lowest BCUT2D eigenvalue weighted by molar-refractivity contribution is 0.411. The fraction of sp³-hybridized carbons (Fsp3) is 0.0909. The van der Waals surface area contributed by atoms with Crippen molar-refractivity contribution in [2.24, 2.45) is 0 Å². The van der Waals surface area contributed by atoms with Crippen molar-refractivity contribution in [2.75, 3.05) is 11.8 Å². The molecule has 1 heterocycles. The van der Waals surface area contributed by atoms with E-state index in [1.807, 2.05) is 0 Å². The second kappa shape index (κ2) is 5.59. The van der Waals surface area contributed by atoms with Crippen molar-refractivity contribution in [3.63, 3.8) is 0 Å². The SMILES string of the molecule is COc1cnc(NS(=O)(=O)c2cc(F)cc(Cl)c2)nc1. The molecule has 1 aromatic heterocycles. The Kier molecular flexibility index (Phi) is 4.05. The summed E-state index contributed by atoms with van der Waals surface area (Å²) in [5.41, 5.74) is 0. The summed E-state index contributed by atoms with van der Waals surface area (Å²) >= 11 is 5.62. The first kappa shape index (κ1) is 14.5. The standard InChI is InChI=1S/C11H9ClFN3O3S/c1-19-9-5-14-11(15-6-9)16-20(17,18)10-3-7(12)2-8(13)4-10/h2-6H,1H3,(H,14,15,16). The molecule has 0 amide bonds. The molecule has 1 N–H and O–H groups in total. The molecule has 1 aromatic carbocycles. The lowest BCUT2D eigenvalue weighted by Crippen LogP contribution is -2.15. The smallest absolute Gasteiger partial charge is 0.264 e. The molecule has 0 saturated carbocycles. The third-order valence-corrected chi connectivity index (χ3v) is 3.76. The molecule has 0 aliphatic rings. The van der Waals surface area contributed by atoms with E-state index in [1.165, 1.54) is 19.5 Å². The molecule has 0 saturated heterocycles. The highest BCUT2D eigenvalue weighted by Gasteiger charge is 2.17. The van der Waals surface area contributed by atoms with Gasteiger partial charge in [0.15, 0.2) is 5.75 Å². The number of ether oxygens (including phenoxy) is 1. The molecule has 0 aliphatic heterocycles. The first-order valence-electron chi connectivity index (χ1n) is 5.25. The van der Waals surface area contributed by atoms with Gasteiger partial charge >= 0.3 is 0 Å². The Morgan fingerprint density at radius 3 is 2.45 bits per heavy atom. The van der Waals surface area contributed by atoms with Crippen molar-refractivity contribution in [1.82, 2.24) is 9.97 Å². The topological polar surface area (TPSA) is 81.2 Å². The summed E-state index contributed by atoms with van der Waals surface area (Å²) in [5.74, 6) is -0.540. The molecular weight excluding hydrogens is 309 g/mol. The summed E-state index contributed by atoms with van der Waals surface area (Å²) in [7, 11) is -2.59. The zero-order valence-corrected chi connectivity index (χ0v) is 11.7. The Labute approximate surface area is 119 Å². The predicted molar refractivity (Wildman–Crippen MR) is 70.8 cm³/mol. The van der Waals surface area contributed by atoms with Crippen LogP contribution in [0.3, 0.4) is 0 Å². The fourth-order valence-electron chi connectivity index (χ4n) is 1.34. The number of aromatic nitrogens is 2. The van der Waals surface area contributed by atoms with E-state index in [2.05, 4.69) is 14.7 Å². The van der Waals surface area contributed by atoms with Crippen molar-refractivity contribution in [3.8, 4) is 5.75 Å². The van der Waals surface area contributed by atoms with Gasteiger partial charge in [-0.2, -0.15) is 0 Å². The fourth-order valence-corrected chi connectivity index (χ4v) is 2.64. The second-order valence-corrected chi connectivity index (χ2v) is 5.78. The molecule has 0 radical (unpaired) electrons. The van der Waals surface area contributed by atoms with Gasteiger partial charge in [0.1, 0.15) is 5.82 Å². The van der Waals surface area contributed by atoms with Gasteiger partial charge in [-0.05, 0) is 18.2 Å². The number of hydrogen-bond donors (Lipinski definition) is 1. The lowest BCUT2D eigenvalue weighted by Gasteiger charge is -2.07. The molecule has 0 spiro atoms. The number of rotatable bonds is 4. The molecular formula is C11H9ClFN3O3S. The number of hydrogen-bond acceptors (Lipinski definition) is 5. The highest BCUT2D eigenvalue weighted by atomic mass is 35.5. The predicted octanol–water partition coefficient (Wildman–Crippen LogP) is 2.08. The average Bonchev–Trinajstić information content (AvgIpc) is 2.38. The Bertz CT molecular complexity index is 702. The number of anilines is 1. The summed E-state index contributed by atoms with van der Waals surface area (Å²) in [6, 6.07) is 2.97. The first-order valence-corrected chi connectivity index (χ1v) is 7.12. The van der Waals surface area contributed by atoms with E-state index in [-0.39, 0.29) is 15.9 Å². The third kappa shape index (κ3) is 3.34. The van der Waals surface area contributed by atoms with Crippen LogP contribution in [0.2, 0.25) is 5.02 Å². The lowest BCUT2D eigenvalue weighted by atomic mass is 10.3. The third-order valence-electron chi connectivity index (χ3n) is 2.24. The van der Waals surface area contributed by atoms with E-state index < -0.39 is 15.8 Å². The number of halogens is 2. The van der Waals surface area contributed by atoms with Gasteiger partial charge in [-0.15, -0.1) is 0 Å². The molecule has 0 bridgehead atoms. The summed E-state index contributed by atoms with van der Waals surface area (Å²) in [4.78, 5) is 7.19. The van der Waals surface area contributed by atoms with Gasteiger partial charge in [0.25, 0.3) is 10.0 Å². The van der Waals surface area contributed by atoms with Crippen LogP contribution >= 0.6 is 11.6 Å². The molecule has 9 heteroatoms. The van der Waals surface area contributed by atoms with Crippen LogP contribution in [-0.2, 0) is 10.0 Å². The number of methoxy groups -OCH3 is 1. The number of sulfonamides is 1. The Morgan fingerprint density at radius 2 is 1.90 bits per heavy atom. The van der Waals surface area contributed by atoms with Gasteiger partial charge in [-0.1, -0.05) is 11.6 Å². The molecule has 6 nitrogen and oxygen atoms in total. The maximum atomic E-state index is 13.2. The maximum Gasteiger partial charge on any atom is 0.264 e. The maximum absolute atomic E-state index is 13.2. The molecule has 0 unspecified atom stereocenters. The van der Waals surface area contributed by atoms with Crippen LogP contribution in [-0.4, -0.2) is 25.5 Å². The summed E-state index contributed by atoms with van der Waals surface area (Å²) in [6.07, 6.45) is 2.59. The van der Waals surface area contributed by atoms with Crippen LogP contribution in [0.5, 0.6) is 5.75 Å². The minimum absolute atomic E-state index is 0.0268. The monoisotopic (exact) mass is 317 g/mol. The van der Waals surface area contributed by atoms with E-state index in [4.69, 9.17) is 16.3 Å². The van der Waals surface area contributed by atoms with Gasteiger partial charge in [0, 0.05) is 5.02 Å². The summed E-state index contributed by atoms with van der Waals surface area (Å²) < 4.78 is 44.2. The van der Waals surface area contributed by atoms with Crippen LogP contribution in [0, 0.1) is 5.82 Å². The zero-order chi connectivity index (χ0) is 14.8. The van der Waals surface area contributed by atoms with Crippen molar-refractivity contribution >= 4 is 27.6 Å². The number of nitrogens with one attached hydrogen (secondary N) is 1. The minimum atomic E-state index is -4.02. The highest BCUT2D eigenvalue weighted by Crippen LogP contribution is 2.20. The molecule has 106 valence electrons. The molecule has 2 aromatic rings. The van der Waals surface area contributed by atoms with Gasteiger partial charge in [-0.25, -0.2) is 27.5 Å². The van der Waals surface area contributed by atoms with E-state index in [0.29, 0.717) is 5.75 Å². The van der Waals surface area contributed by atoms with Crippen molar-refractivity contribution in [1.29, 1.82) is 0 Å². The van der Waals surface area contributed by atoms with E-state index in [9.17, 15) is 12.8 Å². The van der Waals surface area contributed by atoms with Gasteiger partial charge in [-0.3, -0.25) is 0 Å². The quantitative estimate of drug-likeness (QED) is 0.933. The highest BCUT2D eigenvalue weighted by molar-refractivity contribution is 7.92. The van der Waals surface area contributed by atoms with Crippen molar-refractivity contribution in [3.05, 3.63) is 41.4 Å². The second-order valence-electron chi connectivity index (χ2n) is 3.66. The zero-order valence-electron chi connectivity index (χ0n) is 10.2. The van der Waals surface area contributed by atoms with Crippen LogP contribution in [0.4, 0.5) is 10.3 Å². The average molecular weight is 318 g/mol. The van der Waals surface area contributed by atoms with Crippen LogP contribution in [0.15, 0.2) is 35.5 Å². The van der Waals surface area contributed by atoms with Crippen molar-refractivity contribution < 1.29 is 17.5 Å². The van der Waals surface area contributed by atoms with Crippen LogP contribution < -0.4 is 9.46 Å². The Hall–Kier alpha value is -1.93. The molecule has 2 rings (SSSR count). The Balaban J connectivity index is 2.30. The van der Waals surface area contributed by atoms with E-state index in [0.717, 1.165) is 18.2 Å². The van der Waals surface area contributed by atoms with Crippen molar-refractivity contribution in [2.45, 2.75) is 4.90 Å². The first-order chi connectivity index (χ1) is 9.40. The normalized spacial score (nSPS) is 11.2. The largest absolute Gasteiger partial charge is 0.494 e. The minimum Gasteiger partial charge on any atom is -0.494 e. The molecule has 0 atom stereocenters. The van der Waals surface area contributed by atoms with Crippen LogP contribution in [0.25, 0.3) is 0 Å². The van der Waals surface area contributed by atoms with Gasteiger partial charge < -0.3 is 4.74 Å². The summed E-state index contributed by atoms with van der Waals surface area (Å²) in [6.45, 7) is 0. The van der Waals surface area contributed by atoms with Crippen LogP contribution in [0.1, 0.15) is 0 Å². The molecule has 0 aliphatic carbocycles. The van der Waals surface area contributed by atoms with E-state index >= 15 is 0 Å². The van der Waals surface area contributed by atoms with E-state index in [1.54, 1.807) is 0 Å².